The molecule has 0 bridgehead atoms. The Bertz CT molecular complexity index is 760. The van der Waals surface area contributed by atoms with Gasteiger partial charge in [0.2, 0.25) is 5.95 Å². The summed E-state index contributed by atoms with van der Waals surface area (Å²) in [6.07, 6.45) is 1.03. The van der Waals surface area contributed by atoms with Crippen molar-refractivity contribution >= 4 is 44.7 Å². The van der Waals surface area contributed by atoms with Gasteiger partial charge in [0.25, 0.3) is 0 Å². The third-order valence-corrected chi connectivity index (χ3v) is 5.60. The Labute approximate surface area is 132 Å². The van der Waals surface area contributed by atoms with Crippen LogP contribution in [0.4, 0.5) is 11.8 Å². The zero-order valence-electron chi connectivity index (χ0n) is 12.4. The molecule has 0 aliphatic carbocycles. The summed E-state index contributed by atoms with van der Waals surface area (Å²) in [4.78, 5) is 12.8. The molecular weight excluding hydrogens is 300 g/mol. The van der Waals surface area contributed by atoms with Crippen molar-refractivity contribution in [2.24, 2.45) is 0 Å². The topological polar surface area (TPSA) is 49.8 Å². The molecule has 21 heavy (non-hydrogen) atoms. The Kier molecular flexibility index (Phi) is 4.07. The van der Waals surface area contributed by atoms with Gasteiger partial charge in [-0.15, -0.1) is 22.7 Å². The molecule has 3 rings (SSSR count). The highest BCUT2D eigenvalue weighted by Crippen LogP contribution is 2.31. The Morgan fingerprint density at radius 3 is 2.81 bits per heavy atom. The summed E-state index contributed by atoms with van der Waals surface area (Å²) < 4.78 is 0. The van der Waals surface area contributed by atoms with Gasteiger partial charge in [-0.1, -0.05) is 6.92 Å². The van der Waals surface area contributed by atoms with Crippen LogP contribution in [0.15, 0.2) is 17.5 Å². The van der Waals surface area contributed by atoms with Gasteiger partial charge < -0.3 is 10.6 Å². The number of nitrogens with zero attached hydrogens (tertiary/aromatic N) is 2. The first-order valence-corrected chi connectivity index (χ1v) is 8.66. The summed E-state index contributed by atoms with van der Waals surface area (Å²) in [6.45, 7) is 5.11. The zero-order valence-corrected chi connectivity index (χ0v) is 14.0. The van der Waals surface area contributed by atoms with Gasteiger partial charge in [-0.25, -0.2) is 4.98 Å². The molecule has 3 aromatic rings. The number of aryl methyl sites for hydroxylation is 2. The summed E-state index contributed by atoms with van der Waals surface area (Å²) in [5.74, 6) is 1.57. The van der Waals surface area contributed by atoms with Crippen LogP contribution in [0.25, 0.3) is 10.2 Å². The van der Waals surface area contributed by atoms with Crippen molar-refractivity contribution in [3.8, 4) is 0 Å². The van der Waals surface area contributed by atoms with Crippen molar-refractivity contribution in [2.75, 3.05) is 17.7 Å². The SMILES string of the molecule is CCc1cc2c(NCc3sccc3C)nc(NC)nc2s1. The van der Waals surface area contributed by atoms with Crippen LogP contribution in [-0.2, 0) is 13.0 Å². The lowest BCUT2D eigenvalue weighted by molar-refractivity contribution is 1.11. The summed E-state index contributed by atoms with van der Waals surface area (Å²) in [5, 5.41) is 9.75. The number of thiophene rings is 2. The number of aromatic nitrogens is 2. The highest BCUT2D eigenvalue weighted by molar-refractivity contribution is 7.18. The monoisotopic (exact) mass is 318 g/mol. The Hall–Kier alpha value is -1.66. The predicted octanol–water partition coefficient (Wildman–Crippen LogP) is 4.28. The highest BCUT2D eigenvalue weighted by Gasteiger charge is 2.11. The van der Waals surface area contributed by atoms with E-state index in [9.17, 15) is 0 Å². The van der Waals surface area contributed by atoms with Crippen molar-refractivity contribution in [2.45, 2.75) is 26.8 Å². The van der Waals surface area contributed by atoms with E-state index in [0.29, 0.717) is 5.95 Å². The molecule has 0 aromatic carbocycles. The van der Waals surface area contributed by atoms with Gasteiger partial charge in [0.1, 0.15) is 10.6 Å². The Morgan fingerprint density at radius 2 is 2.14 bits per heavy atom. The second kappa shape index (κ2) is 5.99. The number of nitrogens with one attached hydrogen (secondary N) is 2. The fourth-order valence-corrected chi connectivity index (χ4v) is 3.95. The van der Waals surface area contributed by atoms with Crippen molar-refractivity contribution in [3.63, 3.8) is 0 Å². The zero-order chi connectivity index (χ0) is 14.8. The van der Waals surface area contributed by atoms with Gasteiger partial charge in [-0.3, -0.25) is 0 Å². The molecule has 2 N–H and O–H groups in total. The molecule has 3 aromatic heterocycles. The minimum absolute atomic E-state index is 0.664. The first-order valence-electron chi connectivity index (χ1n) is 6.96. The molecule has 0 radical (unpaired) electrons. The maximum Gasteiger partial charge on any atom is 0.225 e. The lowest BCUT2D eigenvalue weighted by atomic mass is 10.3. The smallest absolute Gasteiger partial charge is 0.225 e. The van der Waals surface area contributed by atoms with E-state index in [0.717, 1.165) is 29.0 Å². The molecule has 0 fully saturated rings. The lowest BCUT2D eigenvalue weighted by Crippen LogP contribution is -2.04. The van der Waals surface area contributed by atoms with Gasteiger partial charge in [0.15, 0.2) is 0 Å². The van der Waals surface area contributed by atoms with E-state index in [1.165, 1.54) is 15.3 Å². The average Bonchev–Trinajstić information content (AvgIpc) is 3.10. The molecule has 0 saturated carbocycles. The molecule has 110 valence electrons. The van der Waals surface area contributed by atoms with Crippen LogP contribution in [-0.4, -0.2) is 17.0 Å². The number of anilines is 2. The van der Waals surface area contributed by atoms with E-state index < -0.39 is 0 Å². The summed E-state index contributed by atoms with van der Waals surface area (Å²) in [7, 11) is 1.85. The summed E-state index contributed by atoms with van der Waals surface area (Å²) in [5.41, 5.74) is 1.33. The minimum atomic E-state index is 0.664. The number of fused-ring (bicyclic) bond motifs is 1. The van der Waals surface area contributed by atoms with E-state index in [4.69, 9.17) is 0 Å². The normalized spacial score (nSPS) is 11.0. The van der Waals surface area contributed by atoms with Gasteiger partial charge in [-0.2, -0.15) is 4.98 Å². The molecule has 6 heteroatoms. The largest absolute Gasteiger partial charge is 0.364 e. The third kappa shape index (κ3) is 2.87. The van der Waals surface area contributed by atoms with Crippen LogP contribution in [0.1, 0.15) is 22.2 Å². The van der Waals surface area contributed by atoms with Crippen LogP contribution >= 0.6 is 22.7 Å². The minimum Gasteiger partial charge on any atom is -0.364 e. The van der Waals surface area contributed by atoms with Crippen molar-refractivity contribution in [1.29, 1.82) is 0 Å². The molecule has 0 saturated heterocycles. The quantitative estimate of drug-likeness (QED) is 0.737. The number of hydrogen-bond donors (Lipinski definition) is 2. The standard InChI is InChI=1S/C15H18N4S2/c1-4-10-7-11-13(17-8-12-9(2)5-6-20-12)18-15(16-3)19-14(11)21-10/h5-7H,4,8H2,1-3H3,(H2,16,17,18,19). The van der Waals surface area contributed by atoms with Crippen LogP contribution in [0, 0.1) is 6.92 Å². The summed E-state index contributed by atoms with van der Waals surface area (Å²) >= 11 is 3.51. The van der Waals surface area contributed by atoms with Crippen LogP contribution in [0.5, 0.6) is 0 Å². The highest BCUT2D eigenvalue weighted by atomic mass is 32.1. The molecule has 3 heterocycles. The second-order valence-electron chi connectivity index (χ2n) is 4.81. The van der Waals surface area contributed by atoms with E-state index in [1.54, 1.807) is 22.7 Å². The fraction of sp³-hybridized carbons (Fsp3) is 0.333. The third-order valence-electron chi connectivity index (χ3n) is 3.40. The first kappa shape index (κ1) is 14.3. The first-order chi connectivity index (χ1) is 10.2. The second-order valence-corrected chi connectivity index (χ2v) is 6.93. The average molecular weight is 318 g/mol. The molecular formula is C15H18N4S2. The van der Waals surface area contributed by atoms with E-state index in [-0.39, 0.29) is 0 Å². The molecule has 4 nitrogen and oxygen atoms in total. The van der Waals surface area contributed by atoms with E-state index in [1.807, 2.05) is 7.05 Å². The number of rotatable bonds is 5. The van der Waals surface area contributed by atoms with Crippen LogP contribution in [0.3, 0.4) is 0 Å². The van der Waals surface area contributed by atoms with Gasteiger partial charge in [0, 0.05) is 16.8 Å². The van der Waals surface area contributed by atoms with E-state index in [2.05, 4.69) is 52.0 Å². The Balaban J connectivity index is 1.95. The molecule has 0 spiro atoms. The van der Waals surface area contributed by atoms with Gasteiger partial charge in [-0.05, 0) is 36.4 Å². The van der Waals surface area contributed by atoms with Gasteiger partial charge in [0.05, 0.1) is 11.9 Å². The molecule has 0 amide bonds. The molecule has 0 atom stereocenters. The molecule has 0 aliphatic rings. The maximum absolute atomic E-state index is 4.57. The Morgan fingerprint density at radius 1 is 1.29 bits per heavy atom. The lowest BCUT2D eigenvalue weighted by Gasteiger charge is -2.08. The van der Waals surface area contributed by atoms with Crippen LogP contribution in [0.2, 0.25) is 0 Å². The fourth-order valence-electron chi connectivity index (χ4n) is 2.14. The molecule has 0 aliphatic heterocycles. The predicted molar refractivity (Wildman–Crippen MR) is 92.7 cm³/mol. The van der Waals surface area contributed by atoms with Crippen molar-refractivity contribution in [3.05, 3.63) is 32.8 Å². The molecule has 0 unspecified atom stereocenters. The summed E-state index contributed by atoms with van der Waals surface area (Å²) in [6, 6.07) is 4.35. The maximum atomic E-state index is 4.57. The van der Waals surface area contributed by atoms with Crippen LogP contribution < -0.4 is 10.6 Å². The van der Waals surface area contributed by atoms with E-state index >= 15 is 0 Å². The van der Waals surface area contributed by atoms with Crippen molar-refractivity contribution in [1.82, 2.24) is 9.97 Å². The number of hydrogen-bond acceptors (Lipinski definition) is 6. The van der Waals surface area contributed by atoms with Gasteiger partial charge >= 0.3 is 0 Å². The van der Waals surface area contributed by atoms with Crippen molar-refractivity contribution < 1.29 is 0 Å².